The van der Waals surface area contributed by atoms with Crippen molar-refractivity contribution >= 4 is 49.3 Å². The Morgan fingerprint density at radius 2 is 2.25 bits per heavy atom. The highest BCUT2D eigenvalue weighted by atomic mass is 127. The van der Waals surface area contributed by atoms with E-state index in [2.05, 4.69) is 55.3 Å². The van der Waals surface area contributed by atoms with Crippen LogP contribution >= 0.6 is 33.9 Å². The Balaban J connectivity index is 2.32. The van der Waals surface area contributed by atoms with Crippen molar-refractivity contribution in [1.29, 1.82) is 0 Å². The fourth-order valence-electron chi connectivity index (χ4n) is 1.44. The van der Waals surface area contributed by atoms with Gasteiger partial charge in [-0.3, -0.25) is 0 Å². The highest BCUT2D eigenvalue weighted by Crippen LogP contribution is 2.28. The molecule has 82 valence electrons. The first kappa shape index (κ1) is 11.7. The number of halogens is 1. The molecule has 2 aromatic rings. The van der Waals surface area contributed by atoms with Gasteiger partial charge < -0.3 is 4.90 Å². The number of benzene rings is 1. The minimum absolute atomic E-state index is 0.749. The van der Waals surface area contributed by atoms with Crippen LogP contribution in [0.1, 0.15) is 6.92 Å². The summed E-state index contributed by atoms with van der Waals surface area (Å²) in [5, 5.41) is 1.06. The van der Waals surface area contributed by atoms with Crippen molar-refractivity contribution in [3.8, 4) is 9.85 Å². The van der Waals surface area contributed by atoms with Crippen LogP contribution in [0.15, 0.2) is 24.3 Å². The standard InChI is InChI=1S/C12H11IN2S/c1-2-15(9-5-8-13)12-14-10-6-3-4-7-11(10)16-12/h3-4,6-7H,2,9H2,1H3. The Hall–Kier alpha value is -0.800. The summed E-state index contributed by atoms with van der Waals surface area (Å²) in [5.74, 6) is 3.07. The van der Waals surface area contributed by atoms with Gasteiger partial charge in [-0.2, -0.15) is 0 Å². The Bertz CT molecular complexity index is 505. The van der Waals surface area contributed by atoms with E-state index >= 15 is 0 Å². The molecule has 0 bridgehead atoms. The third kappa shape index (κ3) is 2.47. The van der Waals surface area contributed by atoms with Crippen molar-refractivity contribution in [2.45, 2.75) is 6.92 Å². The van der Waals surface area contributed by atoms with Gasteiger partial charge in [-0.05, 0) is 23.0 Å². The molecule has 1 aromatic carbocycles. The smallest absolute Gasteiger partial charge is 0.187 e. The zero-order chi connectivity index (χ0) is 11.4. The summed E-state index contributed by atoms with van der Waals surface area (Å²) in [6.07, 6.45) is 0. The molecule has 2 nitrogen and oxygen atoms in total. The van der Waals surface area contributed by atoms with Crippen LogP contribution < -0.4 is 4.90 Å². The average Bonchev–Trinajstić information content (AvgIpc) is 2.73. The molecule has 0 atom stereocenters. The zero-order valence-electron chi connectivity index (χ0n) is 8.90. The average molecular weight is 342 g/mol. The SMILES string of the molecule is CCN(CC#CI)c1nc2ccccc2s1. The van der Waals surface area contributed by atoms with Gasteiger partial charge in [-0.15, -0.1) is 0 Å². The predicted molar refractivity (Wildman–Crippen MR) is 79.3 cm³/mol. The quantitative estimate of drug-likeness (QED) is 0.627. The lowest BCUT2D eigenvalue weighted by atomic mass is 10.3. The molecule has 0 spiro atoms. The van der Waals surface area contributed by atoms with Crippen molar-refractivity contribution in [2.75, 3.05) is 18.0 Å². The number of hydrogen-bond donors (Lipinski definition) is 0. The van der Waals surface area contributed by atoms with Gasteiger partial charge in [0.1, 0.15) is 0 Å². The number of nitrogens with zero attached hydrogens (tertiary/aromatic N) is 2. The summed E-state index contributed by atoms with van der Waals surface area (Å²) in [6.45, 7) is 3.81. The topological polar surface area (TPSA) is 16.1 Å². The Morgan fingerprint density at radius 3 is 2.94 bits per heavy atom. The summed E-state index contributed by atoms with van der Waals surface area (Å²) in [5.41, 5.74) is 1.07. The second-order valence-electron chi connectivity index (χ2n) is 3.25. The first-order chi connectivity index (χ1) is 7.85. The van der Waals surface area contributed by atoms with Crippen LogP contribution in [0.2, 0.25) is 0 Å². The molecular weight excluding hydrogens is 331 g/mol. The van der Waals surface area contributed by atoms with Crippen LogP contribution in [-0.4, -0.2) is 18.1 Å². The van der Waals surface area contributed by atoms with E-state index in [1.165, 1.54) is 4.70 Å². The number of aromatic nitrogens is 1. The van der Waals surface area contributed by atoms with Crippen LogP contribution in [0.3, 0.4) is 0 Å². The maximum Gasteiger partial charge on any atom is 0.187 e. The summed E-state index contributed by atoms with van der Waals surface area (Å²) in [4.78, 5) is 6.80. The van der Waals surface area contributed by atoms with Crippen molar-refractivity contribution in [2.24, 2.45) is 0 Å². The second kappa shape index (κ2) is 5.51. The predicted octanol–water partition coefficient (Wildman–Crippen LogP) is 3.52. The van der Waals surface area contributed by atoms with Gasteiger partial charge in [0.15, 0.2) is 5.13 Å². The van der Waals surface area contributed by atoms with Crippen LogP contribution in [0.5, 0.6) is 0 Å². The molecule has 2 rings (SSSR count). The number of anilines is 1. The molecule has 0 fully saturated rings. The lowest BCUT2D eigenvalue weighted by Crippen LogP contribution is -2.22. The van der Waals surface area contributed by atoms with Crippen LogP contribution in [-0.2, 0) is 0 Å². The number of rotatable bonds is 3. The van der Waals surface area contributed by atoms with E-state index in [9.17, 15) is 0 Å². The molecule has 0 radical (unpaired) electrons. The largest absolute Gasteiger partial charge is 0.337 e. The summed E-state index contributed by atoms with van der Waals surface area (Å²) < 4.78 is 4.13. The molecule has 0 N–H and O–H groups in total. The maximum atomic E-state index is 4.61. The summed E-state index contributed by atoms with van der Waals surface area (Å²) >= 11 is 3.79. The van der Waals surface area contributed by atoms with Gasteiger partial charge in [-0.25, -0.2) is 4.98 Å². The van der Waals surface area contributed by atoms with Crippen molar-refractivity contribution < 1.29 is 0 Å². The third-order valence-electron chi connectivity index (χ3n) is 2.27. The molecule has 0 saturated carbocycles. The van der Waals surface area contributed by atoms with E-state index in [0.717, 1.165) is 23.7 Å². The molecule has 0 unspecified atom stereocenters. The molecule has 1 aromatic heterocycles. The van der Waals surface area contributed by atoms with Gasteiger partial charge in [0.2, 0.25) is 0 Å². The van der Waals surface area contributed by atoms with Gasteiger partial charge in [0, 0.05) is 29.1 Å². The minimum atomic E-state index is 0.749. The van der Waals surface area contributed by atoms with Gasteiger partial charge in [0.25, 0.3) is 0 Å². The van der Waals surface area contributed by atoms with Gasteiger partial charge >= 0.3 is 0 Å². The van der Waals surface area contributed by atoms with E-state index in [0.29, 0.717) is 0 Å². The van der Waals surface area contributed by atoms with Crippen LogP contribution in [0.25, 0.3) is 10.2 Å². The maximum absolute atomic E-state index is 4.61. The van der Waals surface area contributed by atoms with Crippen molar-refractivity contribution in [3.63, 3.8) is 0 Å². The number of thiazole rings is 1. The number of fused-ring (bicyclic) bond motifs is 1. The first-order valence-electron chi connectivity index (χ1n) is 5.04. The fraction of sp³-hybridized carbons (Fsp3) is 0.250. The van der Waals surface area contributed by atoms with E-state index in [4.69, 9.17) is 0 Å². The minimum Gasteiger partial charge on any atom is -0.337 e. The van der Waals surface area contributed by atoms with Crippen LogP contribution in [0, 0.1) is 9.85 Å². The van der Waals surface area contributed by atoms with E-state index < -0.39 is 0 Å². The molecule has 4 heteroatoms. The molecule has 0 aliphatic rings. The molecule has 0 aliphatic carbocycles. The Labute approximate surface area is 113 Å². The molecular formula is C12H11IN2S. The Kier molecular flexibility index (Phi) is 4.02. The zero-order valence-corrected chi connectivity index (χ0v) is 11.9. The van der Waals surface area contributed by atoms with Crippen molar-refractivity contribution in [1.82, 2.24) is 4.98 Å². The number of hydrogen-bond acceptors (Lipinski definition) is 3. The molecule has 16 heavy (non-hydrogen) atoms. The monoisotopic (exact) mass is 342 g/mol. The van der Waals surface area contributed by atoms with Gasteiger partial charge in [-0.1, -0.05) is 29.4 Å². The highest BCUT2D eigenvalue weighted by Gasteiger charge is 2.08. The lowest BCUT2D eigenvalue weighted by Gasteiger charge is -2.15. The Morgan fingerprint density at radius 1 is 1.44 bits per heavy atom. The third-order valence-corrected chi connectivity index (χ3v) is 3.75. The molecule has 0 amide bonds. The first-order valence-corrected chi connectivity index (χ1v) is 6.93. The molecule has 0 aliphatic heterocycles. The number of para-hydroxylation sites is 1. The second-order valence-corrected chi connectivity index (χ2v) is 4.80. The van der Waals surface area contributed by atoms with E-state index in [1.807, 2.05) is 18.2 Å². The van der Waals surface area contributed by atoms with Crippen LogP contribution in [0.4, 0.5) is 5.13 Å². The van der Waals surface area contributed by atoms with Crippen molar-refractivity contribution in [3.05, 3.63) is 24.3 Å². The van der Waals surface area contributed by atoms with E-state index in [-0.39, 0.29) is 0 Å². The fourth-order valence-corrected chi connectivity index (χ4v) is 2.63. The van der Waals surface area contributed by atoms with Gasteiger partial charge in [0.05, 0.1) is 16.8 Å². The summed E-state index contributed by atoms with van der Waals surface area (Å²) in [7, 11) is 0. The summed E-state index contributed by atoms with van der Waals surface area (Å²) in [6, 6.07) is 8.22. The normalized spacial score (nSPS) is 9.88. The lowest BCUT2D eigenvalue weighted by molar-refractivity contribution is 0.912. The molecule has 1 heterocycles. The molecule has 0 saturated heterocycles. The highest BCUT2D eigenvalue weighted by molar-refractivity contribution is 14.1. The van der Waals surface area contributed by atoms with E-state index in [1.54, 1.807) is 11.3 Å².